The number of hydrogen-bond donors (Lipinski definition) is 1. The van der Waals surface area contributed by atoms with E-state index in [9.17, 15) is 27.7 Å². The van der Waals surface area contributed by atoms with Gasteiger partial charge in [0.1, 0.15) is 5.69 Å². The van der Waals surface area contributed by atoms with Gasteiger partial charge in [-0.05, 0) is 25.1 Å². The lowest BCUT2D eigenvalue weighted by molar-refractivity contribution is -0.384. The molecule has 2 N–H and O–H groups in total. The molecule has 0 aliphatic rings. The first-order valence-electron chi connectivity index (χ1n) is 5.89. The number of thioether (sulfide) groups is 1. The maximum Gasteiger partial charge on any atom is 0.442 e. The fourth-order valence-corrected chi connectivity index (χ4v) is 2.28. The van der Waals surface area contributed by atoms with Crippen LogP contribution in [0.2, 0.25) is 0 Å². The van der Waals surface area contributed by atoms with Crippen molar-refractivity contribution < 1.29 is 22.5 Å². The summed E-state index contributed by atoms with van der Waals surface area (Å²) in [5.74, 6) is -1.94. The molecule has 1 rings (SSSR count). The lowest BCUT2D eigenvalue weighted by atomic mass is 10.2. The summed E-state index contributed by atoms with van der Waals surface area (Å²) in [4.78, 5) is 10.6. The van der Waals surface area contributed by atoms with Crippen molar-refractivity contribution >= 4 is 23.1 Å². The molecule has 0 bridgehead atoms. The van der Waals surface area contributed by atoms with E-state index in [1.807, 2.05) is 0 Å². The topological polar surface area (TPSA) is 69.2 Å². The highest BCUT2D eigenvalue weighted by Crippen LogP contribution is 2.29. The number of halogens is 4. The lowest BCUT2D eigenvalue weighted by Gasteiger charge is -2.03. The van der Waals surface area contributed by atoms with Crippen LogP contribution in [-0.4, -0.2) is 16.9 Å². The van der Waals surface area contributed by atoms with Crippen molar-refractivity contribution in [1.29, 1.82) is 0 Å². The van der Waals surface area contributed by atoms with Crippen LogP contribution in [0, 0.1) is 10.1 Å². The number of rotatable bonds is 5. The van der Waals surface area contributed by atoms with Crippen molar-refractivity contribution in [2.75, 3.05) is 11.5 Å². The van der Waals surface area contributed by atoms with Crippen molar-refractivity contribution in [3.05, 3.63) is 51.9 Å². The molecule has 0 saturated carbocycles. The molecule has 0 saturated heterocycles. The fraction of sp³-hybridized carbons (Fsp3) is 0.231. The number of alkyl halides is 3. The minimum absolute atomic E-state index is 0.0243. The van der Waals surface area contributed by atoms with Crippen LogP contribution in [0.25, 0.3) is 0 Å². The van der Waals surface area contributed by atoms with Gasteiger partial charge < -0.3 is 5.73 Å². The van der Waals surface area contributed by atoms with E-state index in [0.29, 0.717) is 11.0 Å². The van der Waals surface area contributed by atoms with E-state index in [0.717, 1.165) is 11.8 Å². The van der Waals surface area contributed by atoms with E-state index >= 15 is 0 Å². The highest BCUT2D eigenvalue weighted by Gasteiger charge is 2.34. The van der Waals surface area contributed by atoms with Gasteiger partial charge in [0.2, 0.25) is 5.83 Å². The van der Waals surface area contributed by atoms with Crippen LogP contribution in [0.15, 0.2) is 46.6 Å². The Morgan fingerprint density at radius 3 is 2.64 bits per heavy atom. The van der Waals surface area contributed by atoms with Crippen molar-refractivity contribution in [1.82, 2.24) is 0 Å². The molecule has 0 atom stereocenters. The Morgan fingerprint density at radius 2 is 2.09 bits per heavy atom. The van der Waals surface area contributed by atoms with Gasteiger partial charge in [-0.15, -0.1) is 11.8 Å². The molecular formula is C13H12F4N2O2S. The summed E-state index contributed by atoms with van der Waals surface area (Å²) >= 11 is 1.15. The largest absolute Gasteiger partial charge is 0.442 e. The molecule has 1 aromatic rings. The number of nitrogens with zero attached hydrogens (tertiary/aromatic N) is 1. The minimum Gasteiger partial charge on any atom is -0.393 e. The van der Waals surface area contributed by atoms with Crippen molar-refractivity contribution in [3.63, 3.8) is 0 Å². The van der Waals surface area contributed by atoms with Gasteiger partial charge in [0.15, 0.2) is 0 Å². The Bertz CT molecular complexity index is 627. The Hall–Kier alpha value is -2.03. The Balaban J connectivity index is 2.73. The first-order valence-corrected chi connectivity index (χ1v) is 6.87. The smallest absolute Gasteiger partial charge is 0.393 e. The fourth-order valence-electron chi connectivity index (χ4n) is 1.38. The molecule has 0 spiro atoms. The van der Waals surface area contributed by atoms with Crippen molar-refractivity contribution in [2.24, 2.45) is 0 Å². The third kappa shape index (κ3) is 5.40. The number of nitrogen functional groups attached to an aromatic ring is 1. The second-order valence-corrected chi connectivity index (χ2v) is 5.32. The van der Waals surface area contributed by atoms with Crippen LogP contribution in [0.3, 0.4) is 0 Å². The van der Waals surface area contributed by atoms with Gasteiger partial charge in [-0.3, -0.25) is 10.1 Å². The third-order valence-electron chi connectivity index (χ3n) is 2.48. The number of anilines is 1. The van der Waals surface area contributed by atoms with E-state index in [2.05, 4.69) is 0 Å². The number of nitro benzene ring substituents is 1. The molecule has 0 fully saturated rings. The van der Waals surface area contributed by atoms with Gasteiger partial charge in [-0.2, -0.15) is 13.2 Å². The standard InChI is InChI=1S/C13H12F4N2O2S/c1-8(6-12(14)13(15,16)17)4-5-22-9-2-3-10(18)11(7-9)19(20)21/h2-4,6-7H,5,18H2,1H3/b8-4+,12-6-. The zero-order valence-corrected chi connectivity index (χ0v) is 12.2. The first-order chi connectivity index (χ1) is 10.1. The van der Waals surface area contributed by atoms with Crippen LogP contribution in [0.5, 0.6) is 0 Å². The number of benzene rings is 1. The highest BCUT2D eigenvalue weighted by atomic mass is 32.2. The molecule has 0 radical (unpaired) electrons. The van der Waals surface area contributed by atoms with E-state index < -0.39 is 16.9 Å². The summed E-state index contributed by atoms with van der Waals surface area (Å²) in [5.41, 5.74) is 5.33. The van der Waals surface area contributed by atoms with Gasteiger partial charge in [0.05, 0.1) is 4.92 Å². The summed E-state index contributed by atoms with van der Waals surface area (Å²) in [6, 6.07) is 4.21. The average Bonchev–Trinajstić information content (AvgIpc) is 2.39. The van der Waals surface area contributed by atoms with E-state index in [-0.39, 0.29) is 22.7 Å². The molecule has 22 heavy (non-hydrogen) atoms. The SMILES string of the molecule is CC(/C=C(\F)C(F)(F)F)=C\CSc1ccc(N)c([N+](=O)[O-])c1. The van der Waals surface area contributed by atoms with E-state index in [4.69, 9.17) is 5.73 Å². The predicted molar refractivity (Wildman–Crippen MR) is 77.2 cm³/mol. The van der Waals surface area contributed by atoms with E-state index in [1.165, 1.54) is 25.1 Å². The molecule has 0 heterocycles. The molecule has 120 valence electrons. The summed E-state index contributed by atoms with van der Waals surface area (Å²) < 4.78 is 48.7. The van der Waals surface area contributed by atoms with Crippen LogP contribution in [0.1, 0.15) is 6.92 Å². The first kappa shape index (κ1) is 18.0. The second kappa shape index (κ2) is 7.30. The molecule has 4 nitrogen and oxygen atoms in total. The van der Waals surface area contributed by atoms with Crippen LogP contribution < -0.4 is 5.73 Å². The van der Waals surface area contributed by atoms with Gasteiger partial charge in [-0.1, -0.05) is 11.6 Å². The molecule has 9 heteroatoms. The Kier molecular flexibility index (Phi) is 5.98. The molecule has 0 amide bonds. The molecule has 0 aromatic heterocycles. The summed E-state index contributed by atoms with van der Waals surface area (Å²) in [6.45, 7) is 1.33. The van der Waals surface area contributed by atoms with E-state index in [1.54, 1.807) is 6.07 Å². The van der Waals surface area contributed by atoms with Gasteiger partial charge in [0.25, 0.3) is 5.69 Å². The predicted octanol–water partition coefficient (Wildman–Crippen LogP) is 4.63. The van der Waals surface area contributed by atoms with Gasteiger partial charge >= 0.3 is 6.18 Å². The molecular weight excluding hydrogens is 324 g/mol. The number of nitro groups is 1. The number of nitrogens with two attached hydrogens (primary N) is 1. The maximum atomic E-state index is 12.7. The molecule has 0 aliphatic carbocycles. The number of allylic oxidation sites excluding steroid dienone is 3. The van der Waals surface area contributed by atoms with Gasteiger partial charge in [-0.25, -0.2) is 4.39 Å². The zero-order valence-electron chi connectivity index (χ0n) is 11.4. The zero-order chi connectivity index (χ0) is 16.9. The minimum atomic E-state index is -5.00. The Labute approximate surface area is 127 Å². The van der Waals surface area contributed by atoms with Gasteiger partial charge in [0, 0.05) is 16.7 Å². The lowest BCUT2D eigenvalue weighted by Crippen LogP contribution is -2.07. The second-order valence-electron chi connectivity index (χ2n) is 4.23. The maximum absolute atomic E-state index is 12.7. The number of hydrogen-bond acceptors (Lipinski definition) is 4. The highest BCUT2D eigenvalue weighted by molar-refractivity contribution is 7.99. The summed E-state index contributed by atoms with van der Waals surface area (Å²) in [7, 11) is 0. The molecule has 0 unspecified atom stereocenters. The summed E-state index contributed by atoms with van der Waals surface area (Å²) in [5, 5.41) is 10.7. The summed E-state index contributed by atoms with van der Waals surface area (Å²) in [6.07, 6.45) is -3.22. The molecule has 0 aliphatic heterocycles. The van der Waals surface area contributed by atoms with Crippen molar-refractivity contribution in [2.45, 2.75) is 18.0 Å². The average molecular weight is 336 g/mol. The Morgan fingerprint density at radius 1 is 1.45 bits per heavy atom. The van der Waals surface area contributed by atoms with Crippen LogP contribution >= 0.6 is 11.8 Å². The third-order valence-corrected chi connectivity index (χ3v) is 3.40. The van der Waals surface area contributed by atoms with Crippen LogP contribution in [0.4, 0.5) is 28.9 Å². The van der Waals surface area contributed by atoms with Crippen LogP contribution in [-0.2, 0) is 0 Å². The quantitative estimate of drug-likeness (QED) is 0.212. The van der Waals surface area contributed by atoms with Crippen molar-refractivity contribution in [3.8, 4) is 0 Å². The molecule has 1 aromatic carbocycles. The normalized spacial score (nSPS) is 13.3. The monoisotopic (exact) mass is 336 g/mol.